The lowest BCUT2D eigenvalue weighted by molar-refractivity contribution is 0.139. The summed E-state index contributed by atoms with van der Waals surface area (Å²) in [5, 5.41) is 20.4. The summed E-state index contributed by atoms with van der Waals surface area (Å²) >= 11 is 0. The van der Waals surface area contributed by atoms with Crippen molar-refractivity contribution in [3.63, 3.8) is 0 Å². The van der Waals surface area contributed by atoms with Gasteiger partial charge in [0.25, 0.3) is 0 Å². The van der Waals surface area contributed by atoms with Crippen LogP contribution in [-0.2, 0) is 12.8 Å². The molecule has 6 nitrogen and oxygen atoms in total. The van der Waals surface area contributed by atoms with Gasteiger partial charge in [0.15, 0.2) is 11.5 Å². The minimum atomic E-state index is -1.48. The number of unbranched alkanes of at least 4 members (excludes halogenated alkanes) is 6. The summed E-state index contributed by atoms with van der Waals surface area (Å²) in [6, 6.07) is 0. The third-order valence-corrected chi connectivity index (χ3v) is 5.29. The van der Waals surface area contributed by atoms with Gasteiger partial charge >= 0.3 is 6.16 Å². The summed E-state index contributed by atoms with van der Waals surface area (Å²) in [4.78, 5) is 11.4. The summed E-state index contributed by atoms with van der Waals surface area (Å²) < 4.78 is 17.2. The molecule has 1 rings (SSSR count). The summed E-state index contributed by atoms with van der Waals surface area (Å²) in [5.41, 5.74) is 1.66. The first-order valence-electron chi connectivity index (χ1n) is 12.1. The largest absolute Gasteiger partial charge is 0.511 e. The fourth-order valence-corrected chi connectivity index (χ4v) is 3.50. The fraction of sp³-hybridized carbons (Fsp3) is 0.720. The number of aromatic hydroxyl groups is 1. The van der Waals surface area contributed by atoms with Crippen molar-refractivity contribution in [3.8, 4) is 23.0 Å². The molecule has 0 aromatic heterocycles. The molecule has 0 fully saturated rings. The highest BCUT2D eigenvalue weighted by Gasteiger charge is 2.28. The monoisotopic (exact) mass is 438 g/mol. The molecule has 0 aliphatic carbocycles. The number of hydrogen-bond donors (Lipinski definition) is 2. The van der Waals surface area contributed by atoms with Crippen molar-refractivity contribution in [2.75, 3.05) is 13.2 Å². The molecule has 0 radical (unpaired) electrons. The van der Waals surface area contributed by atoms with Gasteiger partial charge in [0.1, 0.15) is 0 Å². The lowest BCUT2D eigenvalue weighted by Gasteiger charge is -2.23. The summed E-state index contributed by atoms with van der Waals surface area (Å²) in [6.07, 6.45) is 9.65. The van der Waals surface area contributed by atoms with Gasteiger partial charge in [-0.15, -0.1) is 0 Å². The van der Waals surface area contributed by atoms with Crippen LogP contribution in [0.25, 0.3) is 0 Å². The van der Waals surface area contributed by atoms with E-state index < -0.39 is 6.16 Å². The van der Waals surface area contributed by atoms with Crippen molar-refractivity contribution in [2.24, 2.45) is 0 Å². The molecule has 0 unspecified atom stereocenters. The molecule has 2 N–H and O–H groups in total. The number of benzene rings is 1. The number of ether oxygens (including phenoxy) is 3. The SMILES string of the molecule is CCCCCc1c(O)c(OC(=O)O)c(OCCCC)c(OCCCC)c1CCCCC. The van der Waals surface area contributed by atoms with Crippen molar-refractivity contribution in [3.05, 3.63) is 11.1 Å². The van der Waals surface area contributed by atoms with E-state index in [4.69, 9.17) is 14.2 Å². The molecule has 0 heterocycles. The van der Waals surface area contributed by atoms with Gasteiger partial charge < -0.3 is 24.4 Å². The van der Waals surface area contributed by atoms with Crippen molar-refractivity contribution < 1.29 is 29.2 Å². The lowest BCUT2D eigenvalue weighted by Crippen LogP contribution is -2.12. The standard InChI is InChI=1S/C25H42O6/c1-5-9-13-15-19-20(16-14-10-6-2)22(29-17-11-7-3)24(30-18-12-8-4)23(21(19)26)31-25(27)28/h26H,5-18H2,1-4H3,(H,27,28). The van der Waals surface area contributed by atoms with Crippen LogP contribution >= 0.6 is 0 Å². The Morgan fingerprint density at radius 2 is 1.16 bits per heavy atom. The van der Waals surface area contributed by atoms with Crippen LogP contribution in [0.1, 0.15) is 103 Å². The van der Waals surface area contributed by atoms with E-state index in [2.05, 4.69) is 27.7 Å². The maximum absolute atomic E-state index is 11.4. The Bertz CT molecular complexity index is 656. The Balaban J connectivity index is 3.58. The Morgan fingerprint density at radius 3 is 1.65 bits per heavy atom. The van der Waals surface area contributed by atoms with Gasteiger partial charge in [0.2, 0.25) is 11.5 Å². The van der Waals surface area contributed by atoms with Gasteiger partial charge in [0, 0.05) is 11.1 Å². The first kappa shape index (κ1) is 26.9. The van der Waals surface area contributed by atoms with Crippen LogP contribution in [-0.4, -0.2) is 29.6 Å². The summed E-state index contributed by atoms with van der Waals surface area (Å²) in [6.45, 7) is 9.34. The van der Waals surface area contributed by atoms with Crippen molar-refractivity contribution in [2.45, 2.75) is 105 Å². The predicted octanol–water partition coefficient (Wildman–Crippen LogP) is 7.27. The van der Waals surface area contributed by atoms with Crippen LogP contribution in [0.15, 0.2) is 0 Å². The van der Waals surface area contributed by atoms with Gasteiger partial charge in [-0.2, -0.15) is 0 Å². The Labute approximate surface area is 187 Å². The van der Waals surface area contributed by atoms with Crippen LogP contribution in [0.5, 0.6) is 23.0 Å². The van der Waals surface area contributed by atoms with E-state index in [1.165, 1.54) is 0 Å². The lowest BCUT2D eigenvalue weighted by atomic mass is 9.94. The molecule has 0 atom stereocenters. The summed E-state index contributed by atoms with van der Waals surface area (Å²) in [5.74, 6) is 0.497. The second-order valence-electron chi connectivity index (χ2n) is 7.98. The van der Waals surface area contributed by atoms with Crippen molar-refractivity contribution >= 4 is 6.16 Å². The van der Waals surface area contributed by atoms with E-state index in [1.54, 1.807) is 0 Å². The Kier molecular flexibility index (Phi) is 13.6. The van der Waals surface area contributed by atoms with Crippen LogP contribution in [0.3, 0.4) is 0 Å². The van der Waals surface area contributed by atoms with Crippen molar-refractivity contribution in [1.29, 1.82) is 0 Å². The molecule has 0 amide bonds. The third kappa shape index (κ3) is 8.88. The zero-order chi connectivity index (χ0) is 23.1. The molecule has 6 heteroatoms. The van der Waals surface area contributed by atoms with Crippen molar-refractivity contribution in [1.82, 2.24) is 0 Å². The Morgan fingerprint density at radius 1 is 0.677 bits per heavy atom. The average Bonchev–Trinajstić information content (AvgIpc) is 2.74. The van der Waals surface area contributed by atoms with Gasteiger partial charge in [-0.1, -0.05) is 66.2 Å². The molecule has 1 aromatic carbocycles. The number of phenols is 1. The number of carboxylic acid groups (broad SMARTS) is 1. The topological polar surface area (TPSA) is 85.2 Å². The summed E-state index contributed by atoms with van der Waals surface area (Å²) in [7, 11) is 0. The van der Waals surface area contributed by atoms with Gasteiger partial charge in [-0.05, 0) is 38.5 Å². The maximum atomic E-state index is 11.4. The van der Waals surface area contributed by atoms with Crippen LogP contribution in [0, 0.1) is 0 Å². The number of phenolic OH excluding ortho intramolecular Hbond substituents is 1. The van der Waals surface area contributed by atoms with Crippen LogP contribution < -0.4 is 14.2 Å². The predicted molar refractivity (Wildman–Crippen MR) is 124 cm³/mol. The smallest absolute Gasteiger partial charge is 0.504 e. The quantitative estimate of drug-likeness (QED) is 0.151. The van der Waals surface area contributed by atoms with Gasteiger partial charge in [-0.3, -0.25) is 0 Å². The maximum Gasteiger partial charge on any atom is 0.511 e. The second-order valence-corrected chi connectivity index (χ2v) is 7.98. The van der Waals surface area contributed by atoms with E-state index in [0.29, 0.717) is 25.4 Å². The highest BCUT2D eigenvalue weighted by molar-refractivity contribution is 5.72. The molecule has 0 aliphatic heterocycles. The zero-order valence-electron chi connectivity index (χ0n) is 19.9. The van der Waals surface area contributed by atoms with Crippen LogP contribution in [0.4, 0.5) is 4.79 Å². The first-order chi connectivity index (χ1) is 15.0. The molecular formula is C25H42O6. The van der Waals surface area contributed by atoms with E-state index >= 15 is 0 Å². The number of hydrogen-bond acceptors (Lipinski definition) is 5. The van der Waals surface area contributed by atoms with Gasteiger partial charge in [-0.25, -0.2) is 4.79 Å². The Hall–Kier alpha value is -2.11. The molecule has 0 saturated heterocycles. The van der Waals surface area contributed by atoms with E-state index in [-0.39, 0.29) is 17.2 Å². The third-order valence-electron chi connectivity index (χ3n) is 5.29. The molecule has 0 aliphatic rings. The first-order valence-corrected chi connectivity index (χ1v) is 12.1. The van der Waals surface area contributed by atoms with Crippen LogP contribution in [0.2, 0.25) is 0 Å². The second kappa shape index (κ2) is 15.7. The minimum Gasteiger partial charge on any atom is -0.504 e. The highest BCUT2D eigenvalue weighted by atomic mass is 16.7. The minimum absolute atomic E-state index is 0.126. The molecule has 31 heavy (non-hydrogen) atoms. The van der Waals surface area contributed by atoms with E-state index in [0.717, 1.165) is 81.8 Å². The fourth-order valence-electron chi connectivity index (χ4n) is 3.50. The number of rotatable bonds is 17. The molecule has 0 bridgehead atoms. The zero-order valence-corrected chi connectivity index (χ0v) is 19.9. The molecule has 178 valence electrons. The van der Waals surface area contributed by atoms with E-state index in [1.807, 2.05) is 0 Å². The molecular weight excluding hydrogens is 396 g/mol. The highest BCUT2D eigenvalue weighted by Crippen LogP contribution is 2.50. The molecule has 1 aromatic rings. The van der Waals surface area contributed by atoms with E-state index in [9.17, 15) is 15.0 Å². The number of carbonyl (C=O) groups is 1. The average molecular weight is 439 g/mol. The molecule has 0 spiro atoms. The van der Waals surface area contributed by atoms with Gasteiger partial charge in [0.05, 0.1) is 13.2 Å². The molecule has 0 saturated carbocycles. The normalized spacial score (nSPS) is 10.8.